The zero-order valence-electron chi connectivity index (χ0n) is 19.5. The maximum atomic E-state index is 11.8. The molecule has 178 valence electrons. The average molecular weight is 479 g/mol. The van der Waals surface area contributed by atoms with Crippen molar-refractivity contribution in [1.29, 1.82) is 0 Å². The van der Waals surface area contributed by atoms with Crippen LogP contribution in [0.1, 0.15) is 47.4 Å². The number of aromatic nitrogens is 4. The van der Waals surface area contributed by atoms with Crippen molar-refractivity contribution in [2.45, 2.75) is 38.9 Å². The van der Waals surface area contributed by atoms with Gasteiger partial charge < -0.3 is 9.64 Å². The van der Waals surface area contributed by atoms with Gasteiger partial charge in [-0.3, -0.25) is 9.47 Å². The standard InChI is InChI=1S/C25H30N6O2S/c1-2-33-24(32)21-10-11-22(26-16-21)29-14-12-28(13-15-29)18-31-25(34)30(23(27-31)20-8-9-20)17-19-6-4-3-5-7-19/h3-7,10-11,16,20H,2,8-9,12-15,17-18H2,1H3. The van der Waals surface area contributed by atoms with Gasteiger partial charge in [0.1, 0.15) is 11.6 Å². The zero-order chi connectivity index (χ0) is 23.5. The van der Waals surface area contributed by atoms with Crippen LogP contribution in [0.5, 0.6) is 0 Å². The molecule has 1 saturated heterocycles. The van der Waals surface area contributed by atoms with Crippen LogP contribution in [0.15, 0.2) is 48.7 Å². The third-order valence-electron chi connectivity index (χ3n) is 6.37. The number of hydrogen-bond acceptors (Lipinski definition) is 7. The molecule has 8 nitrogen and oxygen atoms in total. The normalized spacial score (nSPS) is 16.6. The van der Waals surface area contributed by atoms with Gasteiger partial charge in [0.05, 0.1) is 25.4 Å². The van der Waals surface area contributed by atoms with E-state index in [0.717, 1.165) is 49.1 Å². The highest BCUT2D eigenvalue weighted by Gasteiger charge is 2.30. The number of rotatable bonds is 8. The van der Waals surface area contributed by atoms with E-state index in [0.29, 0.717) is 24.8 Å². The summed E-state index contributed by atoms with van der Waals surface area (Å²) in [6.07, 6.45) is 3.99. The largest absolute Gasteiger partial charge is 0.462 e. The molecule has 0 spiro atoms. The Morgan fingerprint density at radius 3 is 2.50 bits per heavy atom. The van der Waals surface area contributed by atoms with Crippen molar-refractivity contribution in [3.63, 3.8) is 0 Å². The van der Waals surface area contributed by atoms with Gasteiger partial charge in [0.15, 0.2) is 4.77 Å². The quantitative estimate of drug-likeness (QED) is 0.361. The van der Waals surface area contributed by atoms with Crippen molar-refractivity contribution < 1.29 is 9.53 Å². The van der Waals surface area contributed by atoms with Gasteiger partial charge in [0, 0.05) is 38.3 Å². The van der Waals surface area contributed by atoms with Crippen LogP contribution in [0.4, 0.5) is 5.82 Å². The molecular weight excluding hydrogens is 448 g/mol. The van der Waals surface area contributed by atoms with E-state index in [4.69, 9.17) is 22.1 Å². The average Bonchev–Trinajstić information content (AvgIpc) is 3.67. The van der Waals surface area contributed by atoms with E-state index in [-0.39, 0.29) is 5.97 Å². The Labute approximate surface area is 204 Å². The second-order valence-electron chi connectivity index (χ2n) is 8.86. The SMILES string of the molecule is CCOC(=O)c1ccc(N2CCN(Cn3nc(C4CC4)n(Cc4ccccc4)c3=S)CC2)nc1. The monoisotopic (exact) mass is 478 g/mol. The molecular formula is C25H30N6O2S. The van der Waals surface area contributed by atoms with Crippen molar-refractivity contribution in [2.75, 3.05) is 37.7 Å². The number of carbonyl (C=O) groups is 1. The lowest BCUT2D eigenvalue weighted by Crippen LogP contribution is -2.47. The number of anilines is 1. The number of esters is 1. The van der Waals surface area contributed by atoms with Crippen LogP contribution in [0.25, 0.3) is 0 Å². The summed E-state index contributed by atoms with van der Waals surface area (Å²) in [4.78, 5) is 21.0. The first-order valence-electron chi connectivity index (χ1n) is 11.9. The summed E-state index contributed by atoms with van der Waals surface area (Å²) in [5, 5.41) is 4.94. The van der Waals surface area contributed by atoms with E-state index < -0.39 is 0 Å². The molecule has 34 heavy (non-hydrogen) atoms. The van der Waals surface area contributed by atoms with Crippen molar-refractivity contribution in [1.82, 2.24) is 24.2 Å². The smallest absolute Gasteiger partial charge is 0.339 e. The molecule has 3 heterocycles. The molecule has 2 fully saturated rings. The molecule has 1 aromatic carbocycles. The molecule has 0 N–H and O–H groups in total. The molecule has 1 saturated carbocycles. The first-order valence-corrected chi connectivity index (χ1v) is 12.3. The minimum absolute atomic E-state index is 0.333. The summed E-state index contributed by atoms with van der Waals surface area (Å²) in [5.74, 6) is 2.21. The molecule has 3 aromatic rings. The Hall–Kier alpha value is -3.04. The molecule has 5 rings (SSSR count). The minimum Gasteiger partial charge on any atom is -0.462 e. The highest BCUT2D eigenvalue weighted by atomic mass is 32.1. The predicted octanol–water partition coefficient (Wildman–Crippen LogP) is 3.69. The third-order valence-corrected chi connectivity index (χ3v) is 6.80. The van der Waals surface area contributed by atoms with Crippen LogP contribution in [-0.4, -0.2) is 63.0 Å². The maximum Gasteiger partial charge on any atom is 0.339 e. The summed E-state index contributed by atoms with van der Waals surface area (Å²) in [5.41, 5.74) is 1.73. The highest BCUT2D eigenvalue weighted by Crippen LogP contribution is 2.39. The molecule has 0 atom stereocenters. The van der Waals surface area contributed by atoms with Gasteiger partial charge in [-0.05, 0) is 49.7 Å². The summed E-state index contributed by atoms with van der Waals surface area (Å²) >= 11 is 5.86. The van der Waals surface area contributed by atoms with Gasteiger partial charge in [-0.2, -0.15) is 5.10 Å². The Balaban J connectivity index is 1.22. The van der Waals surface area contributed by atoms with Gasteiger partial charge in [-0.15, -0.1) is 0 Å². The lowest BCUT2D eigenvalue weighted by atomic mass is 10.2. The second-order valence-corrected chi connectivity index (χ2v) is 9.22. The van der Waals surface area contributed by atoms with Gasteiger partial charge in [-0.25, -0.2) is 14.5 Å². The zero-order valence-corrected chi connectivity index (χ0v) is 20.3. The fourth-order valence-corrected chi connectivity index (χ4v) is 4.58. The van der Waals surface area contributed by atoms with Gasteiger partial charge in [0.2, 0.25) is 0 Å². The topological polar surface area (TPSA) is 68.4 Å². The van der Waals surface area contributed by atoms with E-state index in [1.807, 2.05) is 16.8 Å². The van der Waals surface area contributed by atoms with Crippen LogP contribution in [0, 0.1) is 4.77 Å². The number of benzene rings is 1. The number of carbonyl (C=O) groups excluding carboxylic acids is 1. The van der Waals surface area contributed by atoms with Crippen LogP contribution in [-0.2, 0) is 18.0 Å². The van der Waals surface area contributed by atoms with Crippen LogP contribution in [0.2, 0.25) is 0 Å². The molecule has 1 aliphatic heterocycles. The predicted molar refractivity (Wildman–Crippen MR) is 133 cm³/mol. The lowest BCUT2D eigenvalue weighted by Gasteiger charge is -2.35. The first kappa shape index (κ1) is 22.7. The van der Waals surface area contributed by atoms with E-state index in [1.54, 1.807) is 19.2 Å². The van der Waals surface area contributed by atoms with Crippen LogP contribution in [0.3, 0.4) is 0 Å². The fourth-order valence-electron chi connectivity index (χ4n) is 4.32. The highest BCUT2D eigenvalue weighted by molar-refractivity contribution is 7.71. The lowest BCUT2D eigenvalue weighted by molar-refractivity contribution is 0.0526. The van der Waals surface area contributed by atoms with Gasteiger partial charge in [-0.1, -0.05) is 30.3 Å². The number of hydrogen-bond donors (Lipinski definition) is 0. The molecule has 0 unspecified atom stereocenters. The van der Waals surface area contributed by atoms with Crippen LogP contribution < -0.4 is 4.90 Å². The van der Waals surface area contributed by atoms with Crippen molar-refractivity contribution in [2.24, 2.45) is 0 Å². The molecule has 9 heteroatoms. The van der Waals surface area contributed by atoms with E-state index in [9.17, 15) is 4.79 Å². The number of piperazine rings is 1. The van der Waals surface area contributed by atoms with Gasteiger partial charge >= 0.3 is 5.97 Å². The van der Waals surface area contributed by atoms with E-state index in [1.165, 1.54) is 18.4 Å². The molecule has 1 aliphatic carbocycles. The van der Waals surface area contributed by atoms with E-state index in [2.05, 4.69) is 43.6 Å². The Bertz CT molecular complexity index is 1180. The molecule has 2 aliphatic rings. The number of ether oxygens (including phenoxy) is 1. The molecule has 0 radical (unpaired) electrons. The Morgan fingerprint density at radius 1 is 1.09 bits per heavy atom. The fraction of sp³-hybridized carbons (Fsp3) is 0.440. The van der Waals surface area contributed by atoms with Crippen molar-refractivity contribution in [3.8, 4) is 0 Å². The van der Waals surface area contributed by atoms with E-state index >= 15 is 0 Å². The van der Waals surface area contributed by atoms with Crippen LogP contribution >= 0.6 is 12.2 Å². The number of nitrogens with zero attached hydrogens (tertiary/aromatic N) is 6. The number of pyridine rings is 1. The third kappa shape index (κ3) is 5.05. The molecule has 2 aromatic heterocycles. The summed E-state index contributed by atoms with van der Waals surface area (Å²) < 4.78 is 10.0. The van der Waals surface area contributed by atoms with Crippen molar-refractivity contribution in [3.05, 3.63) is 70.4 Å². The Morgan fingerprint density at radius 2 is 1.85 bits per heavy atom. The van der Waals surface area contributed by atoms with Crippen molar-refractivity contribution >= 4 is 24.0 Å². The summed E-state index contributed by atoms with van der Waals surface area (Å²) in [6, 6.07) is 14.1. The maximum absolute atomic E-state index is 11.8. The summed E-state index contributed by atoms with van der Waals surface area (Å²) in [6.45, 7) is 7.14. The first-order chi connectivity index (χ1) is 16.6. The minimum atomic E-state index is -0.333. The summed E-state index contributed by atoms with van der Waals surface area (Å²) in [7, 11) is 0. The molecule has 0 amide bonds. The van der Waals surface area contributed by atoms with Gasteiger partial charge in [0.25, 0.3) is 0 Å². The second kappa shape index (κ2) is 10.1. The Kier molecular flexibility index (Phi) is 6.73. The molecule has 0 bridgehead atoms.